The van der Waals surface area contributed by atoms with Crippen LogP contribution in [-0.4, -0.2) is 36.8 Å². The van der Waals surface area contributed by atoms with Crippen molar-refractivity contribution in [2.24, 2.45) is 0 Å². The minimum atomic E-state index is -1.33. The lowest BCUT2D eigenvalue weighted by Crippen LogP contribution is -2.28. The Kier molecular flexibility index (Phi) is 10.8. The molecule has 41 heavy (non-hydrogen) atoms. The normalized spacial score (nSPS) is 14.9. The maximum Gasteiger partial charge on any atom is 0.333 e. The van der Waals surface area contributed by atoms with Crippen LogP contribution in [0.3, 0.4) is 0 Å². The van der Waals surface area contributed by atoms with E-state index >= 15 is 0 Å². The smallest absolute Gasteiger partial charge is 0.333 e. The molecule has 5 nitrogen and oxygen atoms in total. The zero-order valence-corrected chi connectivity index (χ0v) is 23.0. The Morgan fingerprint density at radius 3 is 2.41 bits per heavy atom. The monoisotopic (exact) mass is 590 g/mol. The molecule has 0 saturated heterocycles. The summed E-state index contributed by atoms with van der Waals surface area (Å²) in [6, 6.07) is 14.5. The van der Waals surface area contributed by atoms with E-state index in [0.29, 0.717) is 60.6 Å². The number of carboxylic acids is 1. The molecular weight excluding hydrogens is 560 g/mol. The number of hydrogen-bond acceptors (Lipinski definition) is 4. The van der Waals surface area contributed by atoms with Gasteiger partial charge in [0.15, 0.2) is 17.4 Å². The zero-order chi connectivity index (χ0) is 29.4. The SMILES string of the molecule is Fc1cccc(Cl)c1CNC1CC1.O=C(O)C1=C(c2ccc(CCCOc3c(F)ccc(F)c3F)cc2)CCNC1. The number of aryl methyl sites for hydroxylation is 1. The zero-order valence-electron chi connectivity index (χ0n) is 22.3. The molecule has 3 aromatic carbocycles. The van der Waals surface area contributed by atoms with Crippen LogP contribution in [0.1, 0.15) is 42.4 Å². The van der Waals surface area contributed by atoms with Crippen LogP contribution in [0.5, 0.6) is 5.75 Å². The van der Waals surface area contributed by atoms with Crippen LogP contribution in [0.4, 0.5) is 17.6 Å². The van der Waals surface area contributed by atoms with Gasteiger partial charge in [0.1, 0.15) is 5.82 Å². The van der Waals surface area contributed by atoms with E-state index in [9.17, 15) is 27.5 Å². The van der Waals surface area contributed by atoms with E-state index in [1.165, 1.54) is 18.9 Å². The quantitative estimate of drug-likeness (QED) is 0.140. The van der Waals surface area contributed by atoms with Crippen LogP contribution in [0.2, 0.25) is 5.02 Å². The van der Waals surface area contributed by atoms with Crippen molar-refractivity contribution in [3.8, 4) is 5.75 Å². The van der Waals surface area contributed by atoms with Crippen LogP contribution in [0, 0.1) is 23.3 Å². The molecule has 0 aromatic heterocycles. The lowest BCUT2D eigenvalue weighted by atomic mass is 9.93. The van der Waals surface area contributed by atoms with Gasteiger partial charge in [-0.1, -0.05) is 41.9 Å². The second-order valence-electron chi connectivity index (χ2n) is 9.87. The van der Waals surface area contributed by atoms with Crippen LogP contribution < -0.4 is 15.4 Å². The molecule has 3 aromatic rings. The fourth-order valence-corrected chi connectivity index (χ4v) is 4.64. The van der Waals surface area contributed by atoms with Crippen molar-refractivity contribution in [3.63, 3.8) is 0 Å². The number of ether oxygens (including phenoxy) is 1. The minimum Gasteiger partial charge on any atom is -0.488 e. The number of aliphatic carboxylic acids is 1. The first-order valence-electron chi connectivity index (χ1n) is 13.4. The predicted octanol–water partition coefficient (Wildman–Crippen LogP) is 6.68. The van der Waals surface area contributed by atoms with Crippen molar-refractivity contribution in [2.45, 2.75) is 44.7 Å². The summed E-state index contributed by atoms with van der Waals surface area (Å²) in [6.45, 7) is 1.66. The largest absolute Gasteiger partial charge is 0.488 e. The Balaban J connectivity index is 0.000000247. The average Bonchev–Trinajstić information content (AvgIpc) is 3.80. The molecule has 0 radical (unpaired) electrons. The first-order valence-corrected chi connectivity index (χ1v) is 13.8. The average molecular weight is 591 g/mol. The first kappa shape index (κ1) is 30.6. The highest BCUT2D eigenvalue weighted by molar-refractivity contribution is 6.31. The molecule has 1 aliphatic carbocycles. The fourth-order valence-electron chi connectivity index (χ4n) is 4.41. The number of nitrogens with one attached hydrogen (secondary N) is 2. The molecule has 218 valence electrons. The molecular formula is C31H31ClF4N2O3. The molecule has 0 amide bonds. The van der Waals surface area contributed by atoms with E-state index in [4.69, 9.17) is 16.3 Å². The molecule has 1 heterocycles. The molecule has 0 unspecified atom stereocenters. The summed E-state index contributed by atoms with van der Waals surface area (Å²) in [5.41, 5.74) is 3.66. The summed E-state index contributed by atoms with van der Waals surface area (Å²) in [5.74, 6) is -5.25. The molecule has 3 N–H and O–H groups in total. The fraction of sp³-hybridized carbons (Fsp3) is 0.323. The van der Waals surface area contributed by atoms with Gasteiger partial charge in [-0.05, 0) is 79.6 Å². The van der Waals surface area contributed by atoms with Gasteiger partial charge in [0.2, 0.25) is 5.82 Å². The molecule has 0 spiro atoms. The highest BCUT2D eigenvalue weighted by Crippen LogP contribution is 2.27. The number of halogens is 5. The van der Waals surface area contributed by atoms with Gasteiger partial charge >= 0.3 is 5.97 Å². The highest BCUT2D eigenvalue weighted by atomic mass is 35.5. The van der Waals surface area contributed by atoms with Crippen molar-refractivity contribution < 1.29 is 32.2 Å². The van der Waals surface area contributed by atoms with Gasteiger partial charge in [-0.3, -0.25) is 0 Å². The van der Waals surface area contributed by atoms with E-state index < -0.39 is 29.2 Å². The standard InChI is InChI=1S/C21H20F3NO3.C10H11ClFN/c22-17-7-8-18(23)20(19(17)24)28-11-1-2-13-3-5-14(6-4-13)15-9-10-25-12-16(15)21(26)27;11-9-2-1-3-10(12)8(9)6-13-7-4-5-7/h3-8,25H,1-2,9-12H2,(H,26,27);1-3,7,13H,4-6H2. The second-order valence-corrected chi connectivity index (χ2v) is 10.3. The van der Waals surface area contributed by atoms with E-state index in [1.54, 1.807) is 12.1 Å². The van der Waals surface area contributed by atoms with Crippen LogP contribution in [0.25, 0.3) is 5.57 Å². The third-order valence-corrected chi connectivity index (χ3v) is 7.20. The molecule has 0 bridgehead atoms. The number of carbonyl (C=O) groups is 1. The van der Waals surface area contributed by atoms with Gasteiger partial charge in [-0.15, -0.1) is 0 Å². The third-order valence-electron chi connectivity index (χ3n) is 6.84. The lowest BCUT2D eigenvalue weighted by Gasteiger charge is -2.19. The molecule has 10 heteroatoms. The maximum absolute atomic E-state index is 13.5. The van der Waals surface area contributed by atoms with Crippen LogP contribution in [-0.2, 0) is 17.8 Å². The highest BCUT2D eigenvalue weighted by Gasteiger charge is 2.21. The van der Waals surface area contributed by atoms with Crippen LogP contribution >= 0.6 is 11.6 Å². The Morgan fingerprint density at radius 2 is 1.73 bits per heavy atom. The van der Waals surface area contributed by atoms with Gasteiger partial charge in [-0.2, -0.15) is 4.39 Å². The van der Waals surface area contributed by atoms with E-state index in [2.05, 4.69) is 10.6 Å². The predicted molar refractivity (Wildman–Crippen MR) is 150 cm³/mol. The summed E-state index contributed by atoms with van der Waals surface area (Å²) < 4.78 is 58.4. The molecule has 5 rings (SSSR count). The number of benzene rings is 3. The Labute approximate surface area is 241 Å². The summed E-state index contributed by atoms with van der Waals surface area (Å²) in [5, 5.41) is 16.1. The van der Waals surface area contributed by atoms with Gasteiger partial charge in [0.25, 0.3) is 0 Å². The maximum atomic E-state index is 13.5. The number of carboxylic acid groups (broad SMARTS) is 1. The van der Waals surface area contributed by atoms with Gasteiger partial charge in [0.05, 0.1) is 12.2 Å². The first-order chi connectivity index (χ1) is 19.7. The topological polar surface area (TPSA) is 70.6 Å². The Bertz CT molecular complexity index is 1370. The van der Waals surface area contributed by atoms with E-state index in [-0.39, 0.29) is 12.4 Å². The number of rotatable bonds is 10. The Hall–Kier alpha value is -3.40. The Morgan fingerprint density at radius 1 is 1.00 bits per heavy atom. The van der Waals surface area contributed by atoms with Gasteiger partial charge < -0.3 is 20.5 Å². The summed E-state index contributed by atoms with van der Waals surface area (Å²) in [4.78, 5) is 11.4. The molecule has 1 saturated carbocycles. The van der Waals surface area contributed by atoms with Gasteiger partial charge in [-0.25, -0.2) is 18.0 Å². The molecule has 1 fully saturated rings. The number of hydrogen-bond donors (Lipinski definition) is 3. The van der Waals surface area contributed by atoms with Crippen molar-refractivity contribution in [3.05, 3.63) is 105 Å². The van der Waals surface area contributed by atoms with E-state index in [0.717, 1.165) is 29.3 Å². The summed E-state index contributed by atoms with van der Waals surface area (Å²) in [6.07, 6.45) is 4.14. The van der Waals surface area contributed by atoms with E-state index in [1.807, 2.05) is 24.3 Å². The third kappa shape index (κ3) is 8.55. The summed E-state index contributed by atoms with van der Waals surface area (Å²) in [7, 11) is 0. The minimum absolute atomic E-state index is 0.0407. The van der Waals surface area contributed by atoms with Crippen molar-refractivity contribution >= 4 is 23.1 Å². The lowest BCUT2D eigenvalue weighted by molar-refractivity contribution is -0.132. The van der Waals surface area contributed by atoms with Crippen molar-refractivity contribution in [1.29, 1.82) is 0 Å². The summed E-state index contributed by atoms with van der Waals surface area (Å²) >= 11 is 5.85. The molecule has 2 aliphatic rings. The molecule has 0 atom stereocenters. The van der Waals surface area contributed by atoms with Crippen LogP contribution in [0.15, 0.2) is 60.2 Å². The van der Waals surface area contributed by atoms with Crippen molar-refractivity contribution in [2.75, 3.05) is 19.7 Å². The molecule has 1 aliphatic heterocycles. The second kappa shape index (κ2) is 14.5. The van der Waals surface area contributed by atoms with Gasteiger partial charge in [0, 0.05) is 29.7 Å². The van der Waals surface area contributed by atoms with Crippen molar-refractivity contribution in [1.82, 2.24) is 10.6 Å².